The van der Waals surface area contributed by atoms with Crippen molar-refractivity contribution in [2.75, 3.05) is 6.54 Å². The van der Waals surface area contributed by atoms with Crippen LogP contribution in [0.25, 0.3) is 22.0 Å². The standard InChI is InChI=1S/C23H17ClF3N3O2S/c24-17-5-3-13(23(25,26)27)10-15(17)19-6-4-14(32-19)11-30-8-7-18-16(12-30)22(31)29-21(28-18)20-2-1-9-33-20/h1-6,9-10H,7-8,11-12H2,(H,28,29,31). The Morgan fingerprint density at radius 3 is 2.82 bits per heavy atom. The molecule has 1 aliphatic rings. The van der Waals surface area contributed by atoms with Crippen molar-refractivity contribution in [2.45, 2.75) is 25.7 Å². The Kier molecular flexibility index (Phi) is 5.64. The highest BCUT2D eigenvalue weighted by atomic mass is 35.5. The van der Waals surface area contributed by atoms with Crippen LogP contribution in [-0.2, 0) is 25.7 Å². The monoisotopic (exact) mass is 491 g/mol. The third-order valence-electron chi connectivity index (χ3n) is 5.50. The molecule has 0 fully saturated rings. The van der Waals surface area contributed by atoms with Crippen LogP contribution in [0.3, 0.4) is 0 Å². The molecule has 0 atom stereocenters. The zero-order valence-electron chi connectivity index (χ0n) is 17.1. The molecule has 10 heteroatoms. The third kappa shape index (κ3) is 4.48. The van der Waals surface area contributed by atoms with Crippen LogP contribution >= 0.6 is 22.9 Å². The summed E-state index contributed by atoms with van der Waals surface area (Å²) in [5.41, 5.74) is 0.636. The van der Waals surface area contributed by atoms with Gasteiger partial charge in [0.25, 0.3) is 5.56 Å². The highest BCUT2D eigenvalue weighted by Crippen LogP contribution is 2.36. The van der Waals surface area contributed by atoms with Crippen molar-refractivity contribution in [1.29, 1.82) is 0 Å². The molecule has 3 aromatic heterocycles. The first-order valence-corrected chi connectivity index (χ1v) is 11.4. The van der Waals surface area contributed by atoms with Crippen molar-refractivity contribution < 1.29 is 17.6 Å². The second-order valence-electron chi connectivity index (χ2n) is 7.74. The molecule has 4 aromatic rings. The number of aromatic nitrogens is 2. The lowest BCUT2D eigenvalue weighted by Crippen LogP contribution is -2.35. The maximum absolute atomic E-state index is 13.1. The highest BCUT2D eigenvalue weighted by molar-refractivity contribution is 7.13. The van der Waals surface area contributed by atoms with E-state index >= 15 is 0 Å². The van der Waals surface area contributed by atoms with Crippen molar-refractivity contribution in [3.8, 4) is 22.0 Å². The summed E-state index contributed by atoms with van der Waals surface area (Å²) in [6.07, 6.45) is -3.86. The van der Waals surface area contributed by atoms with Gasteiger partial charge in [-0.3, -0.25) is 9.69 Å². The smallest absolute Gasteiger partial charge is 0.416 e. The Bertz CT molecular complexity index is 1360. The van der Waals surface area contributed by atoms with Gasteiger partial charge in [-0.1, -0.05) is 17.7 Å². The number of thiophene rings is 1. The molecule has 0 unspecified atom stereocenters. The van der Waals surface area contributed by atoms with Crippen LogP contribution in [0.1, 0.15) is 22.6 Å². The van der Waals surface area contributed by atoms with Gasteiger partial charge in [-0.05, 0) is 41.8 Å². The zero-order chi connectivity index (χ0) is 23.2. The third-order valence-corrected chi connectivity index (χ3v) is 6.71. The maximum atomic E-state index is 13.1. The average Bonchev–Trinajstić information content (AvgIpc) is 3.46. The Morgan fingerprint density at radius 1 is 1.21 bits per heavy atom. The molecule has 0 saturated heterocycles. The lowest BCUT2D eigenvalue weighted by atomic mass is 10.1. The van der Waals surface area contributed by atoms with E-state index in [1.807, 2.05) is 22.4 Å². The van der Waals surface area contributed by atoms with E-state index in [9.17, 15) is 18.0 Å². The number of H-pyrrole nitrogens is 1. The van der Waals surface area contributed by atoms with Gasteiger partial charge < -0.3 is 9.40 Å². The van der Waals surface area contributed by atoms with Crippen LogP contribution in [-0.4, -0.2) is 21.4 Å². The molecule has 0 saturated carbocycles. The SMILES string of the molecule is O=c1[nH]c(-c2cccs2)nc2c1CN(Cc1ccc(-c3cc(C(F)(F)F)ccc3Cl)o1)CC2. The van der Waals surface area contributed by atoms with Gasteiger partial charge >= 0.3 is 6.18 Å². The Hall–Kier alpha value is -2.88. The zero-order valence-corrected chi connectivity index (χ0v) is 18.7. The molecule has 1 N–H and O–H groups in total. The number of nitrogens with one attached hydrogen (secondary N) is 1. The van der Waals surface area contributed by atoms with E-state index in [1.165, 1.54) is 17.4 Å². The van der Waals surface area contributed by atoms with E-state index in [4.69, 9.17) is 16.0 Å². The van der Waals surface area contributed by atoms with Gasteiger partial charge in [-0.15, -0.1) is 11.3 Å². The first-order chi connectivity index (χ1) is 15.8. The van der Waals surface area contributed by atoms with E-state index in [2.05, 4.69) is 9.97 Å². The second-order valence-corrected chi connectivity index (χ2v) is 9.09. The summed E-state index contributed by atoms with van der Waals surface area (Å²) >= 11 is 7.64. The molecule has 0 aliphatic carbocycles. The minimum Gasteiger partial charge on any atom is -0.460 e. The lowest BCUT2D eigenvalue weighted by molar-refractivity contribution is -0.137. The van der Waals surface area contributed by atoms with Crippen LogP contribution in [0.15, 0.2) is 57.1 Å². The number of halogens is 4. The summed E-state index contributed by atoms with van der Waals surface area (Å²) in [6, 6.07) is 10.3. The molecule has 5 nitrogen and oxygen atoms in total. The fourth-order valence-corrected chi connectivity index (χ4v) is 4.74. The number of fused-ring (bicyclic) bond motifs is 1. The lowest BCUT2D eigenvalue weighted by Gasteiger charge is -2.26. The molecule has 5 rings (SSSR count). The summed E-state index contributed by atoms with van der Waals surface area (Å²) in [5, 5.41) is 2.11. The largest absolute Gasteiger partial charge is 0.460 e. The van der Waals surface area contributed by atoms with E-state index in [-0.39, 0.29) is 21.9 Å². The fourth-order valence-electron chi connectivity index (χ4n) is 3.86. The minimum atomic E-state index is -4.47. The van der Waals surface area contributed by atoms with Gasteiger partial charge in [0.15, 0.2) is 5.82 Å². The van der Waals surface area contributed by atoms with Crippen molar-refractivity contribution in [3.63, 3.8) is 0 Å². The molecular formula is C23H17ClF3N3O2S. The molecular weight excluding hydrogens is 475 g/mol. The van der Waals surface area contributed by atoms with Crippen LogP contribution in [0.5, 0.6) is 0 Å². The Balaban J connectivity index is 1.34. The maximum Gasteiger partial charge on any atom is 0.416 e. The number of benzene rings is 1. The molecule has 1 aliphatic heterocycles. The molecule has 33 heavy (non-hydrogen) atoms. The van der Waals surface area contributed by atoms with Crippen molar-refractivity contribution >= 4 is 22.9 Å². The molecule has 0 spiro atoms. The van der Waals surface area contributed by atoms with Crippen molar-refractivity contribution in [3.05, 3.63) is 85.8 Å². The summed E-state index contributed by atoms with van der Waals surface area (Å²) in [6.45, 7) is 1.48. The number of hydrogen-bond donors (Lipinski definition) is 1. The molecule has 0 radical (unpaired) electrons. The first kappa shape index (κ1) is 21.9. The van der Waals surface area contributed by atoms with Crippen molar-refractivity contribution in [1.82, 2.24) is 14.9 Å². The van der Waals surface area contributed by atoms with E-state index < -0.39 is 11.7 Å². The minimum absolute atomic E-state index is 0.163. The number of hydrogen-bond acceptors (Lipinski definition) is 5. The van der Waals surface area contributed by atoms with E-state index in [1.54, 1.807) is 12.1 Å². The van der Waals surface area contributed by atoms with Gasteiger partial charge in [-0.25, -0.2) is 4.98 Å². The number of aromatic amines is 1. The number of nitrogens with zero attached hydrogens (tertiary/aromatic N) is 2. The molecule has 1 aromatic carbocycles. The Labute approximate surface area is 195 Å². The number of rotatable bonds is 4. The van der Waals surface area contributed by atoms with Gasteiger partial charge in [-0.2, -0.15) is 13.2 Å². The van der Waals surface area contributed by atoms with Gasteiger partial charge in [0.1, 0.15) is 11.5 Å². The normalized spacial score (nSPS) is 14.4. The molecule has 0 amide bonds. The fraction of sp³-hybridized carbons (Fsp3) is 0.217. The van der Waals surface area contributed by atoms with Crippen LogP contribution in [0, 0.1) is 0 Å². The summed E-state index contributed by atoms with van der Waals surface area (Å²) in [4.78, 5) is 23.1. The van der Waals surface area contributed by atoms with Crippen LogP contribution in [0.4, 0.5) is 13.2 Å². The average molecular weight is 492 g/mol. The van der Waals surface area contributed by atoms with Gasteiger partial charge in [0.05, 0.1) is 33.3 Å². The summed E-state index contributed by atoms with van der Waals surface area (Å²) < 4.78 is 45.0. The second kappa shape index (κ2) is 8.48. The van der Waals surface area contributed by atoms with Gasteiger partial charge in [0.2, 0.25) is 0 Å². The van der Waals surface area contributed by atoms with Crippen LogP contribution in [0.2, 0.25) is 5.02 Å². The predicted molar refractivity (Wildman–Crippen MR) is 120 cm³/mol. The summed E-state index contributed by atoms with van der Waals surface area (Å²) in [5.74, 6) is 1.41. The van der Waals surface area contributed by atoms with Gasteiger partial charge in [0, 0.05) is 25.1 Å². The quantitative estimate of drug-likeness (QED) is 0.381. The molecule has 170 valence electrons. The number of furan rings is 1. The number of alkyl halides is 3. The van der Waals surface area contributed by atoms with E-state index in [0.29, 0.717) is 43.2 Å². The topological polar surface area (TPSA) is 62.1 Å². The first-order valence-electron chi connectivity index (χ1n) is 10.1. The predicted octanol–water partition coefficient (Wildman–Crippen LogP) is 5.99. The Morgan fingerprint density at radius 2 is 2.06 bits per heavy atom. The summed E-state index contributed by atoms with van der Waals surface area (Å²) in [7, 11) is 0. The van der Waals surface area contributed by atoms with Crippen molar-refractivity contribution in [2.24, 2.45) is 0 Å². The molecule has 0 bridgehead atoms. The highest BCUT2D eigenvalue weighted by Gasteiger charge is 2.31. The van der Waals surface area contributed by atoms with Crippen LogP contribution < -0.4 is 5.56 Å². The van der Waals surface area contributed by atoms with E-state index in [0.717, 1.165) is 22.7 Å². The molecule has 4 heterocycles.